The van der Waals surface area contributed by atoms with E-state index in [1.807, 2.05) is 4.90 Å². The van der Waals surface area contributed by atoms with Gasteiger partial charge in [0.25, 0.3) is 5.91 Å². The molecule has 1 amide bonds. The van der Waals surface area contributed by atoms with Crippen LogP contribution in [-0.4, -0.2) is 44.6 Å². The van der Waals surface area contributed by atoms with Crippen molar-refractivity contribution in [2.75, 3.05) is 19.3 Å². The van der Waals surface area contributed by atoms with Crippen LogP contribution in [0.4, 0.5) is 0 Å². The van der Waals surface area contributed by atoms with Gasteiger partial charge in [-0.05, 0) is 37.1 Å². The minimum absolute atomic E-state index is 0.0626. The number of likely N-dealkylation sites (tertiary alicyclic amines) is 1. The van der Waals surface area contributed by atoms with Gasteiger partial charge in [-0.1, -0.05) is 12.8 Å². The molecule has 21 heavy (non-hydrogen) atoms. The maximum atomic E-state index is 12.6. The van der Waals surface area contributed by atoms with Gasteiger partial charge in [0, 0.05) is 31.0 Å². The van der Waals surface area contributed by atoms with Crippen LogP contribution >= 0.6 is 0 Å². The number of hydrogen-bond acceptors (Lipinski definition) is 4. The van der Waals surface area contributed by atoms with Crippen molar-refractivity contribution in [1.82, 2.24) is 4.90 Å². The highest BCUT2D eigenvalue weighted by Gasteiger charge is 2.25. The highest BCUT2D eigenvalue weighted by Crippen LogP contribution is 2.19. The lowest BCUT2D eigenvalue weighted by Crippen LogP contribution is -2.44. The van der Waals surface area contributed by atoms with Gasteiger partial charge in [0.15, 0.2) is 9.84 Å². The van der Waals surface area contributed by atoms with E-state index >= 15 is 0 Å². The summed E-state index contributed by atoms with van der Waals surface area (Å²) in [5.74, 6) is -0.0626. The number of rotatable bonds is 3. The first kappa shape index (κ1) is 16.0. The first-order valence-electron chi connectivity index (χ1n) is 7.24. The molecule has 0 aromatic heterocycles. The lowest BCUT2D eigenvalue weighted by atomic mass is 10.1. The second-order valence-electron chi connectivity index (χ2n) is 5.53. The minimum Gasteiger partial charge on any atom is -0.334 e. The Kier molecular flexibility index (Phi) is 5.00. The second kappa shape index (κ2) is 6.58. The molecule has 1 fully saturated rings. The largest absolute Gasteiger partial charge is 0.334 e. The van der Waals surface area contributed by atoms with Crippen LogP contribution in [0.3, 0.4) is 0 Å². The van der Waals surface area contributed by atoms with Crippen LogP contribution in [0.1, 0.15) is 36.0 Å². The summed E-state index contributed by atoms with van der Waals surface area (Å²) in [6.07, 6.45) is 5.29. The Morgan fingerprint density at radius 1 is 1.24 bits per heavy atom. The number of carbonyl (C=O) groups excluding carboxylic acids is 1. The molecule has 0 spiro atoms. The van der Waals surface area contributed by atoms with E-state index in [2.05, 4.69) is 0 Å². The summed E-state index contributed by atoms with van der Waals surface area (Å²) < 4.78 is 22.9. The van der Waals surface area contributed by atoms with Gasteiger partial charge in [0.1, 0.15) is 0 Å². The van der Waals surface area contributed by atoms with Gasteiger partial charge >= 0.3 is 0 Å². The van der Waals surface area contributed by atoms with E-state index in [0.29, 0.717) is 18.7 Å². The third-order valence-corrected chi connectivity index (χ3v) is 5.07. The van der Waals surface area contributed by atoms with Crippen LogP contribution in [0.5, 0.6) is 0 Å². The molecule has 1 aliphatic rings. The standard InChI is InChI=1S/C15H22N2O3S/c1-21(19,20)14-8-6-12(7-9-14)15(18)17-10-4-2-3-5-13(17)11-16/h6-9,13H,2-5,10-11,16H2,1H3. The van der Waals surface area contributed by atoms with Crippen molar-refractivity contribution in [2.24, 2.45) is 5.73 Å². The van der Waals surface area contributed by atoms with Gasteiger partial charge in [-0.3, -0.25) is 4.79 Å². The zero-order valence-corrected chi connectivity index (χ0v) is 13.1. The predicted molar refractivity (Wildman–Crippen MR) is 81.9 cm³/mol. The third kappa shape index (κ3) is 3.83. The van der Waals surface area contributed by atoms with Gasteiger partial charge in [-0.2, -0.15) is 0 Å². The summed E-state index contributed by atoms with van der Waals surface area (Å²) in [4.78, 5) is 14.7. The molecule has 1 aliphatic heterocycles. The summed E-state index contributed by atoms with van der Waals surface area (Å²) in [6, 6.07) is 6.21. The number of nitrogens with two attached hydrogens (primary N) is 1. The molecule has 2 N–H and O–H groups in total. The van der Waals surface area contributed by atoms with Gasteiger partial charge in [0.05, 0.1) is 4.90 Å². The van der Waals surface area contributed by atoms with Gasteiger partial charge in [-0.15, -0.1) is 0 Å². The summed E-state index contributed by atoms with van der Waals surface area (Å²) in [5, 5.41) is 0. The molecule has 6 heteroatoms. The van der Waals surface area contributed by atoms with Crippen LogP contribution in [0.25, 0.3) is 0 Å². The van der Waals surface area contributed by atoms with Crippen LogP contribution in [-0.2, 0) is 9.84 Å². The van der Waals surface area contributed by atoms with Gasteiger partial charge in [0.2, 0.25) is 0 Å². The fourth-order valence-electron chi connectivity index (χ4n) is 2.70. The van der Waals surface area contributed by atoms with E-state index < -0.39 is 9.84 Å². The van der Waals surface area contributed by atoms with Crippen molar-refractivity contribution in [2.45, 2.75) is 36.6 Å². The first-order chi connectivity index (χ1) is 9.93. The van der Waals surface area contributed by atoms with Gasteiger partial charge in [-0.25, -0.2) is 8.42 Å². The molecule has 0 aliphatic carbocycles. The first-order valence-corrected chi connectivity index (χ1v) is 9.14. The smallest absolute Gasteiger partial charge is 0.254 e. The Morgan fingerprint density at radius 2 is 1.90 bits per heavy atom. The average molecular weight is 310 g/mol. The van der Waals surface area contributed by atoms with Crippen molar-refractivity contribution < 1.29 is 13.2 Å². The van der Waals surface area contributed by atoms with Crippen LogP contribution in [0.15, 0.2) is 29.2 Å². The van der Waals surface area contributed by atoms with Crippen LogP contribution in [0, 0.1) is 0 Å². The molecule has 2 rings (SSSR count). The summed E-state index contributed by atoms with van der Waals surface area (Å²) in [7, 11) is -3.24. The van der Waals surface area contributed by atoms with E-state index in [0.717, 1.165) is 31.9 Å². The second-order valence-corrected chi connectivity index (χ2v) is 7.55. The fourth-order valence-corrected chi connectivity index (χ4v) is 3.33. The number of hydrogen-bond donors (Lipinski definition) is 1. The maximum absolute atomic E-state index is 12.6. The van der Waals surface area contributed by atoms with E-state index in [1.165, 1.54) is 12.1 Å². The van der Waals surface area contributed by atoms with E-state index in [4.69, 9.17) is 5.73 Å². The molecular weight excluding hydrogens is 288 g/mol. The normalized spacial score (nSPS) is 20.1. The Labute approximate surface area is 126 Å². The highest BCUT2D eigenvalue weighted by atomic mass is 32.2. The highest BCUT2D eigenvalue weighted by molar-refractivity contribution is 7.90. The summed E-state index contributed by atoms with van der Waals surface area (Å²) in [6.45, 7) is 1.18. The molecule has 1 unspecified atom stereocenters. The Hall–Kier alpha value is -1.40. The molecule has 1 aromatic carbocycles. The Morgan fingerprint density at radius 3 is 2.48 bits per heavy atom. The molecule has 0 saturated carbocycles. The van der Waals surface area contributed by atoms with E-state index in [9.17, 15) is 13.2 Å². The number of sulfone groups is 1. The molecule has 1 aromatic rings. The number of amides is 1. The van der Waals surface area contributed by atoms with Crippen LogP contribution in [0.2, 0.25) is 0 Å². The van der Waals surface area contributed by atoms with Crippen molar-refractivity contribution in [3.05, 3.63) is 29.8 Å². The minimum atomic E-state index is -3.24. The lowest BCUT2D eigenvalue weighted by Gasteiger charge is -2.29. The van der Waals surface area contributed by atoms with Crippen molar-refractivity contribution in [3.63, 3.8) is 0 Å². The summed E-state index contributed by atoms with van der Waals surface area (Å²) >= 11 is 0. The average Bonchev–Trinajstić information content (AvgIpc) is 2.70. The van der Waals surface area contributed by atoms with Crippen molar-refractivity contribution >= 4 is 15.7 Å². The molecule has 1 saturated heterocycles. The van der Waals surface area contributed by atoms with Crippen molar-refractivity contribution in [3.8, 4) is 0 Å². The SMILES string of the molecule is CS(=O)(=O)c1ccc(C(=O)N2CCCCCC2CN)cc1. The van der Waals surface area contributed by atoms with Crippen LogP contribution < -0.4 is 5.73 Å². The number of benzene rings is 1. The lowest BCUT2D eigenvalue weighted by molar-refractivity contribution is 0.0689. The fraction of sp³-hybridized carbons (Fsp3) is 0.533. The molecule has 0 bridgehead atoms. The number of nitrogens with zero attached hydrogens (tertiary/aromatic N) is 1. The zero-order chi connectivity index (χ0) is 15.5. The molecule has 1 atom stereocenters. The topological polar surface area (TPSA) is 80.5 Å². The quantitative estimate of drug-likeness (QED) is 0.916. The molecule has 5 nitrogen and oxygen atoms in total. The summed E-state index contributed by atoms with van der Waals surface area (Å²) in [5.41, 5.74) is 6.30. The molecule has 1 heterocycles. The number of carbonyl (C=O) groups is 1. The molecule has 0 radical (unpaired) electrons. The molecular formula is C15H22N2O3S. The Bertz CT molecular complexity index is 596. The monoisotopic (exact) mass is 310 g/mol. The van der Waals surface area contributed by atoms with Gasteiger partial charge < -0.3 is 10.6 Å². The third-order valence-electron chi connectivity index (χ3n) is 3.94. The molecule has 116 valence electrons. The van der Waals surface area contributed by atoms with E-state index in [1.54, 1.807) is 12.1 Å². The Balaban J connectivity index is 2.22. The predicted octanol–water partition coefficient (Wildman–Crippen LogP) is 1.43. The zero-order valence-electron chi connectivity index (χ0n) is 12.3. The maximum Gasteiger partial charge on any atom is 0.254 e. The van der Waals surface area contributed by atoms with E-state index in [-0.39, 0.29) is 16.8 Å². The van der Waals surface area contributed by atoms with Crippen molar-refractivity contribution in [1.29, 1.82) is 0 Å².